The Labute approximate surface area is 147 Å². The summed E-state index contributed by atoms with van der Waals surface area (Å²) in [6.07, 6.45) is 8.45. The number of aryl methyl sites for hydroxylation is 1. The first-order valence-corrected chi connectivity index (χ1v) is 8.50. The molecule has 7 heteroatoms. The number of pyridine rings is 1. The number of piperidine rings is 1. The molecule has 130 valence electrons. The minimum absolute atomic E-state index is 0.00495. The Kier molecular flexibility index (Phi) is 4.98. The summed E-state index contributed by atoms with van der Waals surface area (Å²) in [6, 6.07) is 3.87. The van der Waals surface area contributed by atoms with Gasteiger partial charge in [-0.1, -0.05) is 0 Å². The number of carbonyl (C=O) groups excluding carboxylic acids is 1. The highest BCUT2D eigenvalue weighted by Crippen LogP contribution is 2.36. The van der Waals surface area contributed by atoms with Gasteiger partial charge in [-0.15, -0.1) is 0 Å². The topological polar surface area (TPSA) is 86.8 Å². The van der Waals surface area contributed by atoms with Gasteiger partial charge in [0.15, 0.2) is 0 Å². The SMILES string of the molecule is CCN1C(=O)CC[C@H](CNc2cnccc2C#N)[C@H]1c1cnn(C)c1. The van der Waals surface area contributed by atoms with Crippen molar-refractivity contribution in [2.45, 2.75) is 25.8 Å². The van der Waals surface area contributed by atoms with Gasteiger partial charge in [-0.2, -0.15) is 10.4 Å². The molecule has 0 unspecified atom stereocenters. The molecular formula is C18H22N6O. The van der Waals surface area contributed by atoms with Crippen molar-refractivity contribution < 1.29 is 4.79 Å². The van der Waals surface area contributed by atoms with Crippen molar-refractivity contribution in [2.75, 3.05) is 18.4 Å². The summed E-state index contributed by atoms with van der Waals surface area (Å²) in [5.74, 6) is 0.431. The molecule has 3 heterocycles. The predicted octanol–water partition coefficient (Wildman–Crippen LogP) is 2.10. The predicted molar refractivity (Wildman–Crippen MR) is 93.5 cm³/mol. The van der Waals surface area contributed by atoms with E-state index in [1.807, 2.05) is 31.3 Å². The monoisotopic (exact) mass is 338 g/mol. The van der Waals surface area contributed by atoms with E-state index in [0.717, 1.165) is 17.7 Å². The molecule has 25 heavy (non-hydrogen) atoms. The van der Waals surface area contributed by atoms with Crippen LogP contribution < -0.4 is 5.32 Å². The second-order valence-electron chi connectivity index (χ2n) is 6.28. The first-order valence-electron chi connectivity index (χ1n) is 8.50. The van der Waals surface area contributed by atoms with Crippen LogP contribution in [0.2, 0.25) is 0 Å². The average Bonchev–Trinajstić information content (AvgIpc) is 3.06. The van der Waals surface area contributed by atoms with E-state index in [-0.39, 0.29) is 17.9 Å². The lowest BCUT2D eigenvalue weighted by molar-refractivity contribution is -0.138. The summed E-state index contributed by atoms with van der Waals surface area (Å²) >= 11 is 0. The van der Waals surface area contributed by atoms with Crippen molar-refractivity contribution >= 4 is 11.6 Å². The van der Waals surface area contributed by atoms with E-state index < -0.39 is 0 Å². The van der Waals surface area contributed by atoms with Crippen LogP contribution in [0.1, 0.15) is 36.9 Å². The van der Waals surface area contributed by atoms with Gasteiger partial charge in [0.05, 0.1) is 29.7 Å². The van der Waals surface area contributed by atoms with E-state index in [9.17, 15) is 10.1 Å². The fraction of sp³-hybridized carbons (Fsp3) is 0.444. The normalized spacial score (nSPS) is 20.4. The van der Waals surface area contributed by atoms with Crippen LogP contribution in [0, 0.1) is 17.2 Å². The summed E-state index contributed by atoms with van der Waals surface area (Å²) in [7, 11) is 1.88. The van der Waals surface area contributed by atoms with Crippen LogP contribution in [0.3, 0.4) is 0 Å². The third-order valence-corrected chi connectivity index (χ3v) is 4.73. The Morgan fingerprint density at radius 1 is 1.44 bits per heavy atom. The number of hydrogen-bond acceptors (Lipinski definition) is 5. The van der Waals surface area contributed by atoms with Crippen molar-refractivity contribution in [3.8, 4) is 6.07 Å². The fourth-order valence-corrected chi connectivity index (χ4v) is 3.53. The number of nitrogens with zero attached hydrogens (tertiary/aromatic N) is 5. The Hall–Kier alpha value is -2.88. The highest BCUT2D eigenvalue weighted by molar-refractivity contribution is 5.77. The number of hydrogen-bond donors (Lipinski definition) is 1. The highest BCUT2D eigenvalue weighted by Gasteiger charge is 2.36. The molecule has 0 radical (unpaired) electrons. The summed E-state index contributed by atoms with van der Waals surface area (Å²) in [5, 5.41) is 16.8. The molecule has 1 aliphatic rings. The summed E-state index contributed by atoms with van der Waals surface area (Å²) in [6.45, 7) is 3.35. The van der Waals surface area contributed by atoms with E-state index in [1.165, 1.54) is 0 Å². The molecule has 0 aliphatic carbocycles. The first-order chi connectivity index (χ1) is 12.1. The highest BCUT2D eigenvalue weighted by atomic mass is 16.2. The zero-order chi connectivity index (χ0) is 17.8. The van der Waals surface area contributed by atoms with Crippen molar-refractivity contribution in [1.82, 2.24) is 19.7 Å². The molecule has 0 spiro atoms. The summed E-state index contributed by atoms with van der Waals surface area (Å²) in [5.41, 5.74) is 2.36. The first kappa shape index (κ1) is 17.0. The fourth-order valence-electron chi connectivity index (χ4n) is 3.53. The molecular weight excluding hydrogens is 316 g/mol. The molecule has 0 saturated carbocycles. The van der Waals surface area contributed by atoms with Gasteiger partial charge in [0.2, 0.25) is 5.91 Å². The molecule has 3 rings (SSSR count). The maximum atomic E-state index is 12.4. The minimum atomic E-state index is -0.00495. The van der Waals surface area contributed by atoms with Crippen LogP contribution in [-0.2, 0) is 11.8 Å². The van der Waals surface area contributed by atoms with Gasteiger partial charge in [-0.05, 0) is 19.4 Å². The largest absolute Gasteiger partial charge is 0.382 e. The molecule has 0 bridgehead atoms. The van der Waals surface area contributed by atoms with Gasteiger partial charge in [0.1, 0.15) is 6.07 Å². The number of carbonyl (C=O) groups is 1. The molecule has 1 N–H and O–H groups in total. The van der Waals surface area contributed by atoms with Crippen LogP contribution >= 0.6 is 0 Å². The number of likely N-dealkylation sites (tertiary alicyclic amines) is 1. The number of nitrogens with one attached hydrogen (secondary N) is 1. The van der Waals surface area contributed by atoms with Crippen molar-refractivity contribution in [3.05, 3.63) is 42.0 Å². The van der Waals surface area contributed by atoms with Crippen molar-refractivity contribution in [2.24, 2.45) is 13.0 Å². The van der Waals surface area contributed by atoms with Crippen LogP contribution in [0.5, 0.6) is 0 Å². The molecule has 7 nitrogen and oxygen atoms in total. The quantitative estimate of drug-likeness (QED) is 0.902. The van der Waals surface area contributed by atoms with Gasteiger partial charge in [0.25, 0.3) is 0 Å². The Morgan fingerprint density at radius 2 is 2.28 bits per heavy atom. The molecule has 2 aromatic heterocycles. The third-order valence-electron chi connectivity index (χ3n) is 4.73. The minimum Gasteiger partial charge on any atom is -0.382 e. The second-order valence-corrected chi connectivity index (χ2v) is 6.28. The molecule has 0 aromatic carbocycles. The van der Waals surface area contributed by atoms with E-state index in [0.29, 0.717) is 25.1 Å². The molecule has 1 amide bonds. The van der Waals surface area contributed by atoms with E-state index in [1.54, 1.807) is 23.1 Å². The lowest BCUT2D eigenvalue weighted by atomic mass is 9.85. The van der Waals surface area contributed by atoms with Gasteiger partial charge in [-0.3, -0.25) is 14.5 Å². The number of aromatic nitrogens is 3. The maximum absolute atomic E-state index is 12.4. The molecule has 2 atom stereocenters. The zero-order valence-electron chi connectivity index (χ0n) is 14.5. The smallest absolute Gasteiger partial charge is 0.223 e. The second kappa shape index (κ2) is 7.34. The van der Waals surface area contributed by atoms with Crippen LogP contribution in [-0.4, -0.2) is 38.7 Å². The Morgan fingerprint density at radius 3 is 2.96 bits per heavy atom. The van der Waals surface area contributed by atoms with Gasteiger partial charge < -0.3 is 10.2 Å². The number of rotatable bonds is 5. The lowest BCUT2D eigenvalue weighted by Gasteiger charge is -2.40. The van der Waals surface area contributed by atoms with Gasteiger partial charge in [0, 0.05) is 50.4 Å². The van der Waals surface area contributed by atoms with E-state index >= 15 is 0 Å². The van der Waals surface area contributed by atoms with Crippen molar-refractivity contribution in [1.29, 1.82) is 5.26 Å². The molecule has 1 aliphatic heterocycles. The zero-order valence-corrected chi connectivity index (χ0v) is 14.5. The average molecular weight is 338 g/mol. The number of amides is 1. The van der Waals surface area contributed by atoms with Crippen LogP contribution in [0.25, 0.3) is 0 Å². The summed E-state index contributed by atoms with van der Waals surface area (Å²) < 4.78 is 1.77. The molecule has 1 saturated heterocycles. The van der Waals surface area contributed by atoms with Crippen LogP contribution in [0.15, 0.2) is 30.9 Å². The van der Waals surface area contributed by atoms with Gasteiger partial charge in [-0.25, -0.2) is 0 Å². The van der Waals surface area contributed by atoms with Gasteiger partial charge >= 0.3 is 0 Å². The van der Waals surface area contributed by atoms with Crippen molar-refractivity contribution in [3.63, 3.8) is 0 Å². The number of anilines is 1. The van der Waals surface area contributed by atoms with E-state index in [2.05, 4.69) is 21.5 Å². The summed E-state index contributed by atoms with van der Waals surface area (Å²) in [4.78, 5) is 18.4. The Balaban J connectivity index is 1.82. The molecule has 1 fully saturated rings. The number of nitriles is 1. The standard InChI is InChI=1S/C18H22N6O/c1-3-24-17(25)5-4-14(18(24)15-10-22-23(2)12-15)9-21-16-11-20-7-6-13(16)8-19/h6-7,10-12,14,18,21H,3-5,9H2,1-2H3/t14-,18+/m1/s1. The lowest BCUT2D eigenvalue weighted by Crippen LogP contribution is -2.44. The van der Waals surface area contributed by atoms with Crippen LogP contribution in [0.4, 0.5) is 5.69 Å². The Bertz CT molecular complexity index is 793. The third kappa shape index (κ3) is 3.48. The molecule has 2 aromatic rings. The maximum Gasteiger partial charge on any atom is 0.223 e. The van der Waals surface area contributed by atoms with E-state index in [4.69, 9.17) is 0 Å².